The van der Waals surface area contributed by atoms with E-state index in [-0.39, 0.29) is 5.78 Å². The first-order valence-electron chi connectivity index (χ1n) is 5.24. The third-order valence-electron chi connectivity index (χ3n) is 2.75. The van der Waals surface area contributed by atoms with Gasteiger partial charge in [0.15, 0.2) is 17.3 Å². The van der Waals surface area contributed by atoms with Gasteiger partial charge in [0.05, 0.1) is 26.5 Å². The number of ketones is 1. The van der Waals surface area contributed by atoms with E-state index >= 15 is 0 Å². The first kappa shape index (κ1) is 10.8. The van der Waals surface area contributed by atoms with Crippen LogP contribution in [0.4, 0.5) is 5.69 Å². The van der Waals surface area contributed by atoms with Crippen LogP contribution < -0.4 is 14.4 Å². The number of methoxy groups -OCH3 is 2. The summed E-state index contributed by atoms with van der Waals surface area (Å²) in [6, 6.07) is 5.69. The number of hydrogen-bond donors (Lipinski definition) is 0. The molecule has 1 heterocycles. The van der Waals surface area contributed by atoms with Crippen molar-refractivity contribution in [1.29, 1.82) is 0 Å². The van der Waals surface area contributed by atoms with Crippen LogP contribution >= 0.6 is 0 Å². The third kappa shape index (κ3) is 1.83. The van der Waals surface area contributed by atoms with Gasteiger partial charge in [-0.25, -0.2) is 0 Å². The van der Waals surface area contributed by atoms with E-state index in [2.05, 4.69) is 0 Å². The van der Waals surface area contributed by atoms with E-state index in [1.54, 1.807) is 14.2 Å². The van der Waals surface area contributed by atoms with Crippen LogP contribution in [0.25, 0.3) is 0 Å². The van der Waals surface area contributed by atoms with Crippen molar-refractivity contribution in [3.8, 4) is 11.5 Å². The highest BCUT2D eigenvalue weighted by Gasteiger charge is 2.23. The standard InChI is InChI=1S/C12H15NO3/c1-15-11-5-3-4-10(12(11)16-2)13-7-6-9(14)8-13/h3-5H,6-8H2,1-2H3. The van der Waals surface area contributed by atoms with Crippen molar-refractivity contribution >= 4 is 11.5 Å². The molecule has 0 bridgehead atoms. The molecule has 0 aromatic heterocycles. The predicted molar refractivity (Wildman–Crippen MR) is 61.4 cm³/mol. The first-order valence-corrected chi connectivity index (χ1v) is 5.24. The van der Waals surface area contributed by atoms with Crippen LogP contribution in [0.15, 0.2) is 18.2 Å². The van der Waals surface area contributed by atoms with E-state index in [0.717, 1.165) is 12.2 Å². The van der Waals surface area contributed by atoms with Gasteiger partial charge in [0.1, 0.15) is 0 Å². The van der Waals surface area contributed by atoms with Crippen LogP contribution in [-0.4, -0.2) is 33.1 Å². The minimum Gasteiger partial charge on any atom is -0.493 e. The van der Waals surface area contributed by atoms with Gasteiger partial charge in [-0.3, -0.25) is 4.79 Å². The van der Waals surface area contributed by atoms with Crippen LogP contribution in [0.2, 0.25) is 0 Å². The van der Waals surface area contributed by atoms with E-state index in [1.807, 2.05) is 23.1 Å². The molecule has 4 nitrogen and oxygen atoms in total. The van der Waals surface area contributed by atoms with Gasteiger partial charge in [0.25, 0.3) is 0 Å². The summed E-state index contributed by atoms with van der Waals surface area (Å²) >= 11 is 0. The Kier molecular flexibility index (Phi) is 2.99. The zero-order chi connectivity index (χ0) is 11.5. The highest BCUT2D eigenvalue weighted by molar-refractivity contribution is 5.88. The Balaban J connectivity index is 2.36. The van der Waals surface area contributed by atoms with Crippen molar-refractivity contribution in [3.05, 3.63) is 18.2 Å². The Hall–Kier alpha value is -1.71. The lowest BCUT2D eigenvalue weighted by atomic mass is 10.2. The average Bonchev–Trinajstić information content (AvgIpc) is 2.74. The van der Waals surface area contributed by atoms with E-state index in [0.29, 0.717) is 24.5 Å². The molecule has 2 rings (SSSR count). The molecule has 0 unspecified atom stereocenters. The van der Waals surface area contributed by atoms with Gasteiger partial charge in [-0.2, -0.15) is 0 Å². The number of nitrogens with zero attached hydrogens (tertiary/aromatic N) is 1. The topological polar surface area (TPSA) is 38.8 Å². The fourth-order valence-electron chi connectivity index (χ4n) is 1.96. The maximum Gasteiger partial charge on any atom is 0.184 e. The molecule has 1 aliphatic rings. The Bertz CT molecular complexity index is 403. The molecule has 0 atom stereocenters. The summed E-state index contributed by atoms with van der Waals surface area (Å²) < 4.78 is 10.6. The van der Waals surface area contributed by atoms with Crippen LogP contribution in [0.3, 0.4) is 0 Å². The highest BCUT2D eigenvalue weighted by atomic mass is 16.5. The molecule has 0 amide bonds. The molecule has 0 saturated carbocycles. The van der Waals surface area contributed by atoms with Crippen molar-refractivity contribution in [2.45, 2.75) is 6.42 Å². The summed E-state index contributed by atoms with van der Waals surface area (Å²) in [6.07, 6.45) is 0.611. The smallest absolute Gasteiger partial charge is 0.184 e. The zero-order valence-electron chi connectivity index (χ0n) is 9.53. The largest absolute Gasteiger partial charge is 0.493 e. The van der Waals surface area contributed by atoms with E-state index < -0.39 is 0 Å². The lowest BCUT2D eigenvalue weighted by Crippen LogP contribution is -2.20. The van der Waals surface area contributed by atoms with Crippen molar-refractivity contribution in [3.63, 3.8) is 0 Å². The summed E-state index contributed by atoms with van der Waals surface area (Å²) in [6.45, 7) is 1.21. The number of carbonyl (C=O) groups excluding carboxylic acids is 1. The zero-order valence-corrected chi connectivity index (χ0v) is 9.53. The van der Waals surface area contributed by atoms with Crippen LogP contribution in [0.1, 0.15) is 6.42 Å². The number of anilines is 1. The number of para-hydroxylation sites is 1. The van der Waals surface area contributed by atoms with Crippen molar-refractivity contribution in [1.82, 2.24) is 0 Å². The van der Waals surface area contributed by atoms with Gasteiger partial charge in [-0.15, -0.1) is 0 Å². The molecule has 1 aliphatic heterocycles. The molecular formula is C12H15NO3. The molecule has 1 aromatic carbocycles. The maximum atomic E-state index is 11.3. The van der Waals surface area contributed by atoms with Gasteiger partial charge in [0, 0.05) is 13.0 Å². The van der Waals surface area contributed by atoms with Gasteiger partial charge in [0.2, 0.25) is 0 Å². The molecule has 0 N–H and O–H groups in total. The lowest BCUT2D eigenvalue weighted by molar-refractivity contribution is -0.116. The summed E-state index contributed by atoms with van der Waals surface area (Å²) in [5.74, 6) is 1.66. The molecule has 0 aliphatic carbocycles. The number of benzene rings is 1. The van der Waals surface area contributed by atoms with Crippen molar-refractivity contribution in [2.75, 3.05) is 32.2 Å². The number of hydrogen-bond acceptors (Lipinski definition) is 4. The predicted octanol–water partition coefficient (Wildman–Crippen LogP) is 1.48. The molecule has 1 fully saturated rings. The Morgan fingerprint density at radius 3 is 2.62 bits per heavy atom. The second-order valence-corrected chi connectivity index (χ2v) is 3.72. The Morgan fingerprint density at radius 2 is 2.06 bits per heavy atom. The van der Waals surface area contributed by atoms with Gasteiger partial charge in [-0.05, 0) is 12.1 Å². The molecule has 1 aromatic rings. The van der Waals surface area contributed by atoms with Crippen LogP contribution in [0.5, 0.6) is 11.5 Å². The molecule has 1 saturated heterocycles. The number of Topliss-reactive ketones (excluding diaryl/α,β-unsaturated/α-hetero) is 1. The highest BCUT2D eigenvalue weighted by Crippen LogP contribution is 2.38. The number of carbonyl (C=O) groups is 1. The van der Waals surface area contributed by atoms with Crippen LogP contribution in [0, 0.1) is 0 Å². The maximum absolute atomic E-state index is 11.3. The summed E-state index contributed by atoms with van der Waals surface area (Å²) in [5, 5.41) is 0. The molecule has 16 heavy (non-hydrogen) atoms. The fourth-order valence-corrected chi connectivity index (χ4v) is 1.96. The Morgan fingerprint density at radius 1 is 1.25 bits per heavy atom. The summed E-state index contributed by atoms with van der Waals surface area (Å²) in [5.41, 5.74) is 0.924. The number of ether oxygens (including phenoxy) is 2. The normalized spacial score (nSPS) is 15.4. The third-order valence-corrected chi connectivity index (χ3v) is 2.75. The lowest BCUT2D eigenvalue weighted by Gasteiger charge is -2.21. The average molecular weight is 221 g/mol. The van der Waals surface area contributed by atoms with E-state index in [9.17, 15) is 4.79 Å². The van der Waals surface area contributed by atoms with Gasteiger partial charge in [-0.1, -0.05) is 6.07 Å². The minimum absolute atomic E-state index is 0.268. The SMILES string of the molecule is COc1cccc(N2CCC(=O)C2)c1OC. The van der Waals surface area contributed by atoms with E-state index in [4.69, 9.17) is 9.47 Å². The van der Waals surface area contributed by atoms with E-state index in [1.165, 1.54) is 0 Å². The van der Waals surface area contributed by atoms with Gasteiger partial charge >= 0.3 is 0 Å². The molecular weight excluding hydrogens is 206 g/mol. The van der Waals surface area contributed by atoms with Gasteiger partial charge < -0.3 is 14.4 Å². The second-order valence-electron chi connectivity index (χ2n) is 3.72. The monoisotopic (exact) mass is 221 g/mol. The van der Waals surface area contributed by atoms with Crippen molar-refractivity contribution < 1.29 is 14.3 Å². The minimum atomic E-state index is 0.268. The Labute approximate surface area is 94.8 Å². The fraction of sp³-hybridized carbons (Fsp3) is 0.417. The van der Waals surface area contributed by atoms with Crippen LogP contribution in [-0.2, 0) is 4.79 Å². The summed E-state index contributed by atoms with van der Waals surface area (Å²) in [4.78, 5) is 13.3. The quantitative estimate of drug-likeness (QED) is 0.775. The molecule has 0 spiro atoms. The van der Waals surface area contributed by atoms with Crippen molar-refractivity contribution in [2.24, 2.45) is 0 Å². The number of rotatable bonds is 3. The molecule has 0 radical (unpaired) electrons. The summed E-state index contributed by atoms with van der Waals surface area (Å²) in [7, 11) is 3.22. The first-order chi connectivity index (χ1) is 7.76. The molecule has 86 valence electrons. The second kappa shape index (κ2) is 4.43. The molecule has 4 heteroatoms.